The number of carbonyl (C=O) groups is 1. The number of rotatable bonds is 5. The Morgan fingerprint density at radius 1 is 1.15 bits per heavy atom. The van der Waals surface area contributed by atoms with Gasteiger partial charge in [-0.1, -0.05) is 0 Å². The van der Waals surface area contributed by atoms with Crippen LogP contribution in [-0.2, 0) is 10.8 Å². The maximum absolute atomic E-state index is 14.2. The van der Waals surface area contributed by atoms with Crippen molar-refractivity contribution in [3.63, 3.8) is 0 Å². The Morgan fingerprint density at radius 3 is 2.63 bits per heavy atom. The maximum atomic E-state index is 14.2. The van der Waals surface area contributed by atoms with Gasteiger partial charge in [0.25, 0.3) is 5.91 Å². The van der Waals surface area contributed by atoms with Gasteiger partial charge in [0.1, 0.15) is 17.3 Å². The highest BCUT2D eigenvalue weighted by molar-refractivity contribution is 7.84. The first-order valence-electron chi connectivity index (χ1n) is 7.74. The van der Waals surface area contributed by atoms with Crippen LogP contribution in [0, 0.1) is 11.6 Å². The van der Waals surface area contributed by atoms with E-state index in [1.807, 2.05) is 0 Å². The molecule has 0 fully saturated rings. The van der Waals surface area contributed by atoms with Gasteiger partial charge in [0.15, 0.2) is 0 Å². The molecule has 142 valence electrons. The molecule has 3 aromatic rings. The molecule has 0 aliphatic carbocycles. The van der Waals surface area contributed by atoms with Crippen molar-refractivity contribution in [1.29, 1.82) is 0 Å². The second kappa shape index (κ2) is 8.74. The number of fused-ring (bicyclic) bond motifs is 1. The van der Waals surface area contributed by atoms with Gasteiger partial charge >= 0.3 is 0 Å². The molecule has 0 radical (unpaired) electrons. The van der Waals surface area contributed by atoms with Gasteiger partial charge in [-0.2, -0.15) is 0 Å². The van der Waals surface area contributed by atoms with Crippen molar-refractivity contribution < 1.29 is 23.3 Å². The molecule has 0 saturated heterocycles. The van der Waals surface area contributed by atoms with Gasteiger partial charge in [-0.05, 0) is 24.3 Å². The highest BCUT2D eigenvalue weighted by Crippen LogP contribution is 2.29. The van der Waals surface area contributed by atoms with Crippen LogP contribution in [0.1, 0.15) is 10.5 Å². The summed E-state index contributed by atoms with van der Waals surface area (Å²) in [6, 6.07) is 6.45. The standard InChI is InChI=1S/C18H15F2N3O2S.H2O/c1-26(25)7-6-22-18(24)16-5-2-11-9-21-10-14(17(11)23-16)13-4-3-12(19)8-15(13)20;/h2-5,8-10H,6-7H2,1H3,(H,22,24);1H2. The zero-order chi connectivity index (χ0) is 18.7. The third kappa shape index (κ3) is 4.69. The number of nitrogens with zero attached hydrogens (tertiary/aromatic N) is 2. The predicted octanol–water partition coefficient (Wildman–Crippen LogP) is 1.86. The maximum Gasteiger partial charge on any atom is 0.269 e. The Bertz CT molecular complexity index is 1010. The third-order valence-corrected chi connectivity index (χ3v) is 4.51. The van der Waals surface area contributed by atoms with E-state index in [1.54, 1.807) is 18.5 Å². The van der Waals surface area contributed by atoms with Crippen LogP contribution in [0.2, 0.25) is 0 Å². The Balaban J connectivity index is 0.00000261. The van der Waals surface area contributed by atoms with Crippen molar-refractivity contribution in [3.8, 4) is 11.1 Å². The quantitative estimate of drug-likeness (QED) is 0.714. The summed E-state index contributed by atoms with van der Waals surface area (Å²) < 4.78 is 38.4. The van der Waals surface area contributed by atoms with E-state index in [0.717, 1.165) is 12.1 Å². The first-order valence-corrected chi connectivity index (χ1v) is 9.47. The van der Waals surface area contributed by atoms with Crippen molar-refractivity contribution in [2.45, 2.75) is 0 Å². The van der Waals surface area contributed by atoms with Crippen molar-refractivity contribution >= 4 is 27.6 Å². The lowest BCUT2D eigenvalue weighted by atomic mass is 10.0. The lowest BCUT2D eigenvalue weighted by molar-refractivity contribution is 0.0951. The molecule has 0 bridgehead atoms. The number of aromatic nitrogens is 2. The minimum atomic E-state index is -1.01. The minimum absolute atomic E-state index is 0. The summed E-state index contributed by atoms with van der Waals surface area (Å²) >= 11 is 0. The minimum Gasteiger partial charge on any atom is -0.412 e. The highest BCUT2D eigenvalue weighted by atomic mass is 32.2. The summed E-state index contributed by atoms with van der Waals surface area (Å²) in [6.45, 7) is 0.261. The molecule has 0 aliphatic rings. The van der Waals surface area contributed by atoms with Gasteiger partial charge < -0.3 is 10.8 Å². The van der Waals surface area contributed by atoms with Gasteiger partial charge in [-0.25, -0.2) is 13.8 Å². The molecular weight excluding hydrogens is 376 g/mol. The van der Waals surface area contributed by atoms with Crippen molar-refractivity contribution in [3.05, 3.63) is 60.1 Å². The summed E-state index contributed by atoms with van der Waals surface area (Å²) in [7, 11) is -1.01. The number of halogens is 2. The largest absolute Gasteiger partial charge is 0.412 e. The Morgan fingerprint density at radius 2 is 1.93 bits per heavy atom. The first-order chi connectivity index (χ1) is 12.5. The van der Waals surface area contributed by atoms with Crippen LogP contribution in [0.25, 0.3) is 22.0 Å². The molecule has 3 rings (SSSR count). The fourth-order valence-corrected chi connectivity index (χ4v) is 2.86. The zero-order valence-corrected chi connectivity index (χ0v) is 15.1. The normalized spacial score (nSPS) is 11.7. The summed E-state index contributed by atoms with van der Waals surface area (Å²) in [4.78, 5) is 20.6. The van der Waals surface area contributed by atoms with Crippen molar-refractivity contribution in [2.75, 3.05) is 18.6 Å². The monoisotopic (exact) mass is 393 g/mol. The van der Waals surface area contributed by atoms with E-state index in [-0.39, 0.29) is 23.3 Å². The lowest BCUT2D eigenvalue weighted by Gasteiger charge is -2.09. The molecule has 27 heavy (non-hydrogen) atoms. The van der Waals surface area contributed by atoms with E-state index >= 15 is 0 Å². The molecular formula is C18H17F2N3O3S. The number of pyridine rings is 2. The van der Waals surface area contributed by atoms with Crippen LogP contribution >= 0.6 is 0 Å². The Kier molecular flexibility index (Phi) is 6.65. The summed E-state index contributed by atoms with van der Waals surface area (Å²) in [6.07, 6.45) is 4.53. The van der Waals surface area contributed by atoms with E-state index in [2.05, 4.69) is 15.3 Å². The first kappa shape index (κ1) is 20.5. The van der Waals surface area contributed by atoms with Gasteiger partial charge in [0.05, 0.1) is 5.52 Å². The summed E-state index contributed by atoms with van der Waals surface area (Å²) in [5, 5.41) is 3.26. The van der Waals surface area contributed by atoms with Crippen molar-refractivity contribution in [1.82, 2.24) is 15.3 Å². The fraction of sp³-hybridized carbons (Fsp3) is 0.167. The topological polar surface area (TPSA) is 103 Å². The van der Waals surface area contributed by atoms with Crippen LogP contribution in [0.5, 0.6) is 0 Å². The fourth-order valence-electron chi connectivity index (χ4n) is 2.47. The molecule has 3 N–H and O–H groups in total. The molecule has 0 aliphatic heterocycles. The summed E-state index contributed by atoms with van der Waals surface area (Å²) in [5.74, 6) is -1.49. The molecule has 1 unspecified atom stereocenters. The molecule has 1 amide bonds. The smallest absolute Gasteiger partial charge is 0.269 e. The van der Waals surface area contributed by atoms with E-state index in [1.165, 1.54) is 18.3 Å². The van der Waals surface area contributed by atoms with Crippen LogP contribution in [-0.4, -0.2) is 44.1 Å². The average Bonchev–Trinajstić information content (AvgIpc) is 2.60. The van der Waals surface area contributed by atoms with E-state index < -0.39 is 28.3 Å². The van der Waals surface area contributed by atoms with E-state index in [9.17, 15) is 17.8 Å². The highest BCUT2D eigenvalue weighted by Gasteiger charge is 2.14. The molecule has 1 atom stereocenters. The van der Waals surface area contributed by atoms with Crippen LogP contribution in [0.15, 0.2) is 42.7 Å². The van der Waals surface area contributed by atoms with Gasteiger partial charge in [0, 0.05) is 64.3 Å². The van der Waals surface area contributed by atoms with E-state index in [4.69, 9.17) is 0 Å². The molecule has 0 saturated carbocycles. The van der Waals surface area contributed by atoms with Crippen LogP contribution in [0.4, 0.5) is 8.78 Å². The average molecular weight is 393 g/mol. The number of hydrogen-bond donors (Lipinski definition) is 1. The predicted molar refractivity (Wildman–Crippen MR) is 99.8 cm³/mol. The lowest BCUT2D eigenvalue weighted by Crippen LogP contribution is -2.28. The van der Waals surface area contributed by atoms with Crippen molar-refractivity contribution in [2.24, 2.45) is 0 Å². The molecule has 2 heterocycles. The van der Waals surface area contributed by atoms with Crippen LogP contribution in [0.3, 0.4) is 0 Å². The molecule has 9 heteroatoms. The second-order valence-corrected chi connectivity index (χ2v) is 7.17. The van der Waals surface area contributed by atoms with Gasteiger partial charge in [-0.3, -0.25) is 14.0 Å². The molecule has 6 nitrogen and oxygen atoms in total. The zero-order valence-electron chi connectivity index (χ0n) is 14.3. The molecule has 1 aromatic carbocycles. The van der Waals surface area contributed by atoms with Gasteiger partial charge in [0.2, 0.25) is 0 Å². The number of nitrogens with one attached hydrogen (secondary N) is 1. The van der Waals surface area contributed by atoms with E-state index in [0.29, 0.717) is 22.2 Å². The number of amides is 1. The number of hydrogen-bond acceptors (Lipinski definition) is 4. The SMILES string of the molecule is CS(=O)CCNC(=O)c1ccc2cncc(-c3ccc(F)cc3F)c2n1.O. The Labute approximate surface area is 156 Å². The Hall–Kier alpha value is -2.78. The molecule has 2 aromatic heterocycles. The third-order valence-electron chi connectivity index (χ3n) is 3.73. The number of carbonyl (C=O) groups excluding carboxylic acids is 1. The molecule has 0 spiro atoms. The van der Waals surface area contributed by atoms with Crippen LogP contribution < -0.4 is 5.32 Å². The number of benzene rings is 1. The van der Waals surface area contributed by atoms with Gasteiger partial charge in [-0.15, -0.1) is 0 Å². The second-order valence-electron chi connectivity index (χ2n) is 5.61. The summed E-state index contributed by atoms with van der Waals surface area (Å²) in [5.41, 5.74) is 1.05.